The second-order valence-corrected chi connectivity index (χ2v) is 3.47. The molecule has 0 fully saturated rings. The maximum Gasteiger partial charge on any atom is 0.256 e. The summed E-state index contributed by atoms with van der Waals surface area (Å²) < 4.78 is 1.76. The number of fused-ring (bicyclic) bond motifs is 1. The summed E-state index contributed by atoms with van der Waals surface area (Å²) in [6, 6.07) is 2.97. The summed E-state index contributed by atoms with van der Waals surface area (Å²) in [4.78, 5) is 15.3. The fourth-order valence-corrected chi connectivity index (χ4v) is 1.90. The van der Waals surface area contributed by atoms with Crippen molar-refractivity contribution in [3.63, 3.8) is 0 Å². The summed E-state index contributed by atoms with van der Waals surface area (Å²) in [5.41, 5.74) is 1.47. The Bertz CT molecular complexity index is 578. The Labute approximate surface area is 82.5 Å². The lowest BCUT2D eigenvalue weighted by Gasteiger charge is -2.01. The van der Waals surface area contributed by atoms with Gasteiger partial charge in [0.2, 0.25) is 0 Å². The second-order valence-electron chi connectivity index (χ2n) is 2.62. The topological polar surface area (TPSA) is 78.9 Å². The molecule has 0 spiro atoms. The standard InChI is InChI=1S/C8H5N3O2S/c9-1-2-11-6(13)3-5(12)7-8(11)10-4-14-7/h3-4,12H,2H2. The van der Waals surface area contributed by atoms with Crippen LogP contribution in [0.5, 0.6) is 5.75 Å². The normalized spacial score (nSPS) is 10.2. The molecule has 2 aromatic heterocycles. The van der Waals surface area contributed by atoms with E-state index in [2.05, 4.69) is 4.98 Å². The van der Waals surface area contributed by atoms with Crippen molar-refractivity contribution in [2.24, 2.45) is 0 Å². The highest BCUT2D eigenvalue weighted by Crippen LogP contribution is 2.25. The van der Waals surface area contributed by atoms with E-state index < -0.39 is 5.56 Å². The van der Waals surface area contributed by atoms with E-state index in [-0.39, 0.29) is 12.3 Å². The van der Waals surface area contributed by atoms with E-state index in [9.17, 15) is 9.90 Å². The van der Waals surface area contributed by atoms with Crippen molar-refractivity contribution in [3.8, 4) is 11.8 Å². The highest BCUT2D eigenvalue weighted by molar-refractivity contribution is 7.17. The Morgan fingerprint density at radius 2 is 2.50 bits per heavy atom. The van der Waals surface area contributed by atoms with Crippen LogP contribution in [-0.2, 0) is 6.54 Å². The minimum atomic E-state index is -0.414. The van der Waals surface area contributed by atoms with Crippen LogP contribution in [0, 0.1) is 11.3 Å². The Kier molecular flexibility index (Phi) is 1.94. The predicted octanol–water partition coefficient (Wildman–Crippen LogP) is 0.687. The summed E-state index contributed by atoms with van der Waals surface area (Å²) >= 11 is 1.23. The number of nitriles is 1. The molecule has 1 N–H and O–H groups in total. The van der Waals surface area contributed by atoms with Gasteiger partial charge in [0.05, 0.1) is 11.6 Å². The smallest absolute Gasteiger partial charge is 0.256 e. The monoisotopic (exact) mass is 207 g/mol. The number of aromatic nitrogens is 2. The fraction of sp³-hybridized carbons (Fsp3) is 0.125. The lowest BCUT2D eigenvalue weighted by molar-refractivity contribution is 0.480. The molecule has 0 aliphatic rings. The summed E-state index contributed by atoms with van der Waals surface area (Å²) in [6.07, 6.45) is 0. The summed E-state index contributed by atoms with van der Waals surface area (Å²) in [7, 11) is 0. The molecule has 0 amide bonds. The van der Waals surface area contributed by atoms with Crippen molar-refractivity contribution in [2.75, 3.05) is 0 Å². The van der Waals surface area contributed by atoms with Crippen LogP contribution in [-0.4, -0.2) is 14.7 Å². The number of hydrogen-bond donors (Lipinski definition) is 1. The Hall–Kier alpha value is -1.87. The largest absolute Gasteiger partial charge is 0.506 e. The number of rotatable bonds is 1. The zero-order valence-corrected chi connectivity index (χ0v) is 7.78. The Morgan fingerprint density at radius 3 is 3.21 bits per heavy atom. The van der Waals surface area contributed by atoms with Crippen LogP contribution in [0.3, 0.4) is 0 Å². The molecule has 0 aliphatic heterocycles. The minimum absolute atomic E-state index is 0.0562. The zero-order chi connectivity index (χ0) is 10.1. The molecule has 0 aliphatic carbocycles. The Balaban J connectivity index is 2.88. The molecule has 0 bridgehead atoms. The summed E-state index contributed by atoms with van der Waals surface area (Å²) in [5, 5.41) is 17.9. The maximum atomic E-state index is 11.4. The van der Waals surface area contributed by atoms with E-state index in [1.165, 1.54) is 21.4 Å². The molecule has 2 aromatic rings. The summed E-state index contributed by atoms with van der Waals surface area (Å²) in [6.45, 7) is -0.0562. The van der Waals surface area contributed by atoms with Gasteiger partial charge in [0.15, 0.2) is 5.65 Å². The molecule has 14 heavy (non-hydrogen) atoms. The van der Waals surface area contributed by atoms with Crippen molar-refractivity contribution in [2.45, 2.75) is 6.54 Å². The molecule has 0 radical (unpaired) electrons. The van der Waals surface area contributed by atoms with Crippen LogP contribution < -0.4 is 5.56 Å². The van der Waals surface area contributed by atoms with E-state index in [0.717, 1.165) is 6.07 Å². The number of nitrogens with zero attached hydrogens (tertiary/aromatic N) is 3. The molecule has 5 nitrogen and oxygen atoms in total. The zero-order valence-electron chi connectivity index (χ0n) is 6.97. The highest BCUT2D eigenvalue weighted by atomic mass is 32.1. The molecular formula is C8H5N3O2S. The van der Waals surface area contributed by atoms with Crippen molar-refractivity contribution >= 4 is 21.7 Å². The van der Waals surface area contributed by atoms with Crippen LogP contribution in [0.1, 0.15) is 0 Å². The average molecular weight is 207 g/mol. The van der Waals surface area contributed by atoms with Crippen LogP contribution >= 0.6 is 11.3 Å². The maximum absolute atomic E-state index is 11.4. The van der Waals surface area contributed by atoms with Crippen LogP contribution in [0.4, 0.5) is 0 Å². The third kappa shape index (κ3) is 1.15. The van der Waals surface area contributed by atoms with Crippen molar-refractivity contribution in [1.82, 2.24) is 9.55 Å². The van der Waals surface area contributed by atoms with Gasteiger partial charge >= 0.3 is 0 Å². The van der Waals surface area contributed by atoms with Gasteiger partial charge in [-0.05, 0) is 0 Å². The number of pyridine rings is 1. The van der Waals surface area contributed by atoms with Gasteiger partial charge in [-0.25, -0.2) is 4.98 Å². The quantitative estimate of drug-likeness (QED) is 0.746. The van der Waals surface area contributed by atoms with Crippen LogP contribution in [0.25, 0.3) is 10.3 Å². The third-order valence-corrected chi connectivity index (χ3v) is 2.63. The van der Waals surface area contributed by atoms with Crippen molar-refractivity contribution < 1.29 is 5.11 Å². The van der Waals surface area contributed by atoms with Gasteiger partial charge in [-0.1, -0.05) is 0 Å². The SMILES string of the molecule is N#CCn1c(=O)cc(O)c2scnc21. The van der Waals surface area contributed by atoms with Crippen molar-refractivity contribution in [1.29, 1.82) is 5.26 Å². The van der Waals surface area contributed by atoms with Gasteiger partial charge in [0.25, 0.3) is 5.56 Å². The van der Waals surface area contributed by atoms with Gasteiger partial charge in [-0.15, -0.1) is 11.3 Å². The molecule has 0 saturated heterocycles. The molecule has 0 unspecified atom stereocenters. The second kappa shape index (κ2) is 3.12. The van der Waals surface area contributed by atoms with E-state index >= 15 is 0 Å². The van der Waals surface area contributed by atoms with E-state index in [1.807, 2.05) is 6.07 Å². The number of aromatic hydroxyl groups is 1. The third-order valence-electron chi connectivity index (χ3n) is 1.79. The molecule has 0 aromatic carbocycles. The van der Waals surface area contributed by atoms with Gasteiger partial charge in [0, 0.05) is 6.07 Å². The average Bonchev–Trinajstić information content (AvgIpc) is 2.60. The minimum Gasteiger partial charge on any atom is -0.506 e. The van der Waals surface area contributed by atoms with Crippen molar-refractivity contribution in [3.05, 3.63) is 21.9 Å². The molecular weight excluding hydrogens is 202 g/mol. The molecule has 0 saturated carbocycles. The number of hydrogen-bond acceptors (Lipinski definition) is 5. The van der Waals surface area contributed by atoms with Gasteiger partial charge in [-0.2, -0.15) is 5.26 Å². The predicted molar refractivity (Wildman–Crippen MR) is 51.2 cm³/mol. The first-order chi connectivity index (χ1) is 6.74. The Morgan fingerprint density at radius 1 is 1.71 bits per heavy atom. The first kappa shape index (κ1) is 8.72. The molecule has 2 heterocycles. The van der Waals surface area contributed by atoms with E-state index in [1.54, 1.807) is 0 Å². The molecule has 2 rings (SSSR count). The lowest BCUT2D eigenvalue weighted by Crippen LogP contribution is -2.18. The highest BCUT2D eigenvalue weighted by Gasteiger charge is 2.09. The van der Waals surface area contributed by atoms with Gasteiger partial charge < -0.3 is 5.11 Å². The first-order valence-electron chi connectivity index (χ1n) is 3.77. The molecule has 6 heteroatoms. The van der Waals surface area contributed by atoms with Crippen LogP contribution in [0.2, 0.25) is 0 Å². The van der Waals surface area contributed by atoms with E-state index in [0.29, 0.717) is 10.3 Å². The molecule has 0 atom stereocenters. The van der Waals surface area contributed by atoms with Crippen LogP contribution in [0.15, 0.2) is 16.4 Å². The summed E-state index contributed by atoms with van der Waals surface area (Å²) in [5.74, 6) is -0.0818. The molecule has 70 valence electrons. The number of thiazole rings is 1. The van der Waals surface area contributed by atoms with Gasteiger partial charge in [-0.3, -0.25) is 9.36 Å². The fourth-order valence-electron chi connectivity index (χ4n) is 1.20. The van der Waals surface area contributed by atoms with E-state index in [4.69, 9.17) is 5.26 Å². The van der Waals surface area contributed by atoms with Gasteiger partial charge in [0.1, 0.15) is 17.0 Å². The first-order valence-corrected chi connectivity index (χ1v) is 4.65. The lowest BCUT2D eigenvalue weighted by atomic mass is 10.4.